The molecule has 19 heavy (non-hydrogen) atoms. The van der Waals surface area contributed by atoms with Crippen LogP contribution in [0, 0.1) is 0 Å². The molecule has 1 aromatic carbocycles. The van der Waals surface area contributed by atoms with Gasteiger partial charge in [0.15, 0.2) is 5.75 Å². The van der Waals surface area contributed by atoms with E-state index in [4.69, 9.17) is 22.1 Å². The molecule has 0 spiro atoms. The van der Waals surface area contributed by atoms with Crippen LogP contribution in [0.4, 0.5) is 0 Å². The molecule has 102 valence electrons. The normalized spacial score (nSPS) is 12.4. The Morgan fingerprint density at radius 1 is 1.47 bits per heavy atom. The number of aryl methyl sites for hydroxylation is 1. The highest BCUT2D eigenvalue weighted by molar-refractivity contribution is 6.30. The van der Waals surface area contributed by atoms with Gasteiger partial charge in [0, 0.05) is 17.6 Å². The fourth-order valence-corrected chi connectivity index (χ4v) is 2.05. The molecular formula is C14H18ClN3O. The first-order valence-electron chi connectivity index (χ1n) is 6.32. The van der Waals surface area contributed by atoms with Crippen molar-refractivity contribution in [2.75, 3.05) is 0 Å². The molecule has 2 aromatic rings. The highest BCUT2D eigenvalue weighted by Gasteiger charge is 2.09. The van der Waals surface area contributed by atoms with Gasteiger partial charge in [-0.25, -0.2) is 0 Å². The predicted molar refractivity (Wildman–Crippen MR) is 76.8 cm³/mol. The number of halogens is 1. The quantitative estimate of drug-likeness (QED) is 0.914. The second-order valence-electron chi connectivity index (χ2n) is 4.57. The van der Waals surface area contributed by atoms with Gasteiger partial charge in [0.25, 0.3) is 0 Å². The minimum absolute atomic E-state index is 0.0548. The zero-order valence-electron chi connectivity index (χ0n) is 11.1. The highest BCUT2D eigenvalue weighted by atomic mass is 35.5. The van der Waals surface area contributed by atoms with E-state index in [1.54, 1.807) is 6.20 Å². The Bertz CT molecular complexity index is 551. The van der Waals surface area contributed by atoms with E-state index in [9.17, 15) is 0 Å². The summed E-state index contributed by atoms with van der Waals surface area (Å²) in [5.74, 6) is 1.49. The van der Waals surface area contributed by atoms with Crippen molar-refractivity contribution in [3.8, 4) is 11.5 Å². The molecule has 2 rings (SSSR count). The van der Waals surface area contributed by atoms with E-state index in [1.807, 2.05) is 42.9 Å². The van der Waals surface area contributed by atoms with Crippen molar-refractivity contribution >= 4 is 11.6 Å². The van der Waals surface area contributed by atoms with Crippen molar-refractivity contribution in [3.05, 3.63) is 41.2 Å². The summed E-state index contributed by atoms with van der Waals surface area (Å²) in [5.41, 5.74) is 6.85. The molecule has 0 aliphatic rings. The van der Waals surface area contributed by atoms with E-state index in [2.05, 4.69) is 5.10 Å². The van der Waals surface area contributed by atoms with E-state index in [0.29, 0.717) is 5.02 Å². The zero-order valence-corrected chi connectivity index (χ0v) is 11.9. The number of rotatable bonds is 5. The molecule has 4 nitrogen and oxygen atoms in total. The summed E-state index contributed by atoms with van der Waals surface area (Å²) in [4.78, 5) is 0. The van der Waals surface area contributed by atoms with Crippen molar-refractivity contribution in [3.63, 3.8) is 0 Å². The van der Waals surface area contributed by atoms with Crippen LogP contribution in [0.2, 0.25) is 5.02 Å². The Hall–Kier alpha value is -1.52. The second kappa shape index (κ2) is 6.08. The molecule has 0 radical (unpaired) electrons. The SMILES string of the molecule is CCn1cc(Oc2ccc(Cl)cc2CC(C)N)cn1. The summed E-state index contributed by atoms with van der Waals surface area (Å²) in [6.45, 7) is 4.80. The Kier molecular flexibility index (Phi) is 4.45. The van der Waals surface area contributed by atoms with Crippen LogP contribution in [0.1, 0.15) is 19.4 Å². The van der Waals surface area contributed by atoms with Crippen LogP contribution < -0.4 is 10.5 Å². The lowest BCUT2D eigenvalue weighted by molar-refractivity contribution is 0.472. The fraction of sp³-hybridized carbons (Fsp3) is 0.357. The smallest absolute Gasteiger partial charge is 0.165 e. The molecule has 2 N–H and O–H groups in total. The Balaban J connectivity index is 2.23. The Morgan fingerprint density at radius 3 is 2.89 bits per heavy atom. The van der Waals surface area contributed by atoms with Crippen molar-refractivity contribution in [2.24, 2.45) is 5.73 Å². The third-order valence-corrected chi connectivity index (χ3v) is 2.96. The highest BCUT2D eigenvalue weighted by Crippen LogP contribution is 2.28. The number of hydrogen-bond acceptors (Lipinski definition) is 3. The number of ether oxygens (including phenoxy) is 1. The van der Waals surface area contributed by atoms with Crippen LogP contribution in [0.5, 0.6) is 11.5 Å². The number of nitrogens with zero attached hydrogens (tertiary/aromatic N) is 2. The summed E-state index contributed by atoms with van der Waals surface area (Å²) in [5, 5.41) is 4.87. The van der Waals surface area contributed by atoms with Gasteiger partial charge in [0.1, 0.15) is 5.75 Å². The van der Waals surface area contributed by atoms with Gasteiger partial charge >= 0.3 is 0 Å². The molecule has 1 aromatic heterocycles. The van der Waals surface area contributed by atoms with E-state index in [1.165, 1.54) is 0 Å². The molecule has 0 bridgehead atoms. The van der Waals surface area contributed by atoms with Crippen LogP contribution in [0.25, 0.3) is 0 Å². The average molecular weight is 280 g/mol. The first kappa shape index (κ1) is 13.9. The van der Waals surface area contributed by atoms with Crippen molar-refractivity contribution in [1.82, 2.24) is 9.78 Å². The van der Waals surface area contributed by atoms with Crippen LogP contribution in [-0.2, 0) is 13.0 Å². The maximum absolute atomic E-state index is 6.02. The van der Waals surface area contributed by atoms with Gasteiger partial charge in [-0.15, -0.1) is 0 Å². The maximum Gasteiger partial charge on any atom is 0.165 e. The maximum atomic E-state index is 6.02. The van der Waals surface area contributed by atoms with Gasteiger partial charge in [-0.05, 0) is 44.0 Å². The summed E-state index contributed by atoms with van der Waals surface area (Å²) in [7, 11) is 0. The fourth-order valence-electron chi connectivity index (χ4n) is 1.85. The molecule has 0 aliphatic carbocycles. The molecule has 1 heterocycles. The average Bonchev–Trinajstić information content (AvgIpc) is 2.80. The Morgan fingerprint density at radius 2 is 2.26 bits per heavy atom. The molecule has 0 saturated heterocycles. The molecular weight excluding hydrogens is 262 g/mol. The summed E-state index contributed by atoms with van der Waals surface area (Å²) in [6, 6.07) is 5.62. The van der Waals surface area contributed by atoms with Crippen LogP contribution in [0.15, 0.2) is 30.6 Å². The Labute approximate surface area is 118 Å². The lowest BCUT2D eigenvalue weighted by atomic mass is 10.1. The van der Waals surface area contributed by atoms with Crippen LogP contribution >= 0.6 is 11.6 Å². The molecule has 0 fully saturated rings. The predicted octanol–water partition coefficient (Wildman–Crippen LogP) is 3.24. The van der Waals surface area contributed by atoms with Gasteiger partial charge < -0.3 is 10.5 Å². The van der Waals surface area contributed by atoms with Gasteiger partial charge in [-0.2, -0.15) is 5.10 Å². The second-order valence-corrected chi connectivity index (χ2v) is 5.00. The van der Waals surface area contributed by atoms with E-state index >= 15 is 0 Å². The molecule has 0 aliphatic heterocycles. The van der Waals surface area contributed by atoms with Crippen molar-refractivity contribution in [1.29, 1.82) is 0 Å². The largest absolute Gasteiger partial charge is 0.454 e. The summed E-state index contributed by atoms with van der Waals surface area (Å²) < 4.78 is 7.67. The topological polar surface area (TPSA) is 53.1 Å². The van der Waals surface area contributed by atoms with Gasteiger partial charge in [0.05, 0.1) is 12.4 Å². The molecule has 0 amide bonds. The van der Waals surface area contributed by atoms with E-state index < -0.39 is 0 Å². The van der Waals surface area contributed by atoms with Crippen LogP contribution in [-0.4, -0.2) is 15.8 Å². The third kappa shape index (κ3) is 3.72. The minimum Gasteiger partial charge on any atom is -0.454 e. The first-order valence-corrected chi connectivity index (χ1v) is 6.70. The lowest BCUT2D eigenvalue weighted by Gasteiger charge is -2.12. The molecule has 1 unspecified atom stereocenters. The number of hydrogen-bond donors (Lipinski definition) is 1. The summed E-state index contributed by atoms with van der Waals surface area (Å²) >= 11 is 6.02. The zero-order chi connectivity index (χ0) is 13.8. The number of benzene rings is 1. The van der Waals surface area contributed by atoms with E-state index in [0.717, 1.165) is 30.0 Å². The standard InChI is InChI=1S/C14H18ClN3O/c1-3-18-9-13(8-17-18)19-14-5-4-12(15)7-11(14)6-10(2)16/h4-5,7-10H,3,6,16H2,1-2H3. The van der Waals surface area contributed by atoms with Gasteiger partial charge in [-0.1, -0.05) is 11.6 Å². The third-order valence-electron chi connectivity index (χ3n) is 2.73. The van der Waals surface area contributed by atoms with Crippen molar-refractivity contribution in [2.45, 2.75) is 32.9 Å². The summed E-state index contributed by atoms with van der Waals surface area (Å²) in [6.07, 6.45) is 4.29. The van der Waals surface area contributed by atoms with Crippen molar-refractivity contribution < 1.29 is 4.74 Å². The molecule has 0 saturated carbocycles. The van der Waals surface area contributed by atoms with E-state index in [-0.39, 0.29) is 6.04 Å². The lowest BCUT2D eigenvalue weighted by Crippen LogP contribution is -2.18. The number of nitrogens with two attached hydrogens (primary N) is 1. The number of aromatic nitrogens is 2. The molecule has 5 heteroatoms. The van der Waals surface area contributed by atoms with Gasteiger partial charge in [0.2, 0.25) is 0 Å². The van der Waals surface area contributed by atoms with Gasteiger partial charge in [-0.3, -0.25) is 4.68 Å². The first-order chi connectivity index (χ1) is 9.08. The minimum atomic E-state index is 0.0548. The van der Waals surface area contributed by atoms with Crippen LogP contribution in [0.3, 0.4) is 0 Å². The monoisotopic (exact) mass is 279 g/mol. The molecule has 1 atom stereocenters.